The van der Waals surface area contributed by atoms with E-state index in [4.69, 9.17) is 4.74 Å². The average Bonchev–Trinajstić information content (AvgIpc) is 3.20. The fraction of sp³-hybridized carbons (Fsp3) is 0.632. The van der Waals surface area contributed by atoms with Gasteiger partial charge in [-0.3, -0.25) is 4.79 Å². The summed E-state index contributed by atoms with van der Waals surface area (Å²) in [4.78, 5) is 14.4. The highest BCUT2D eigenvalue weighted by molar-refractivity contribution is 5.81. The first-order valence-corrected chi connectivity index (χ1v) is 8.99. The standard InChI is InChI=1S/C19H22FNO3/c20-12-5-3-10(4-6-12)13-7-16-17(22)14-8-21(19(23)11-1-2-11)9-15(14)18(13)24-16/h3-6,11,13-18,22H,1-2,7-9H2/t13-,14-,15+,16+,17+,18-/m1/s1. The first kappa shape index (κ1) is 14.8. The van der Waals surface area contributed by atoms with Crippen LogP contribution in [-0.2, 0) is 9.53 Å². The molecule has 0 spiro atoms. The summed E-state index contributed by atoms with van der Waals surface area (Å²) in [6, 6.07) is 6.63. The van der Waals surface area contributed by atoms with Gasteiger partial charge in [0.1, 0.15) is 5.82 Å². The molecule has 4 nitrogen and oxygen atoms in total. The Kier molecular flexibility index (Phi) is 3.26. The minimum atomic E-state index is -0.506. The van der Waals surface area contributed by atoms with Gasteiger partial charge in [-0.05, 0) is 37.0 Å². The number of hydrogen-bond acceptors (Lipinski definition) is 3. The van der Waals surface area contributed by atoms with Crippen LogP contribution in [0.2, 0.25) is 0 Å². The van der Waals surface area contributed by atoms with Gasteiger partial charge in [0.2, 0.25) is 5.91 Å². The van der Waals surface area contributed by atoms with Crippen molar-refractivity contribution in [3.63, 3.8) is 0 Å². The Balaban J connectivity index is 1.41. The monoisotopic (exact) mass is 331 g/mol. The van der Waals surface area contributed by atoms with Gasteiger partial charge >= 0.3 is 0 Å². The molecule has 3 aliphatic heterocycles. The van der Waals surface area contributed by atoms with Crippen molar-refractivity contribution in [2.24, 2.45) is 17.8 Å². The van der Waals surface area contributed by atoms with Crippen molar-refractivity contribution in [3.05, 3.63) is 35.6 Å². The van der Waals surface area contributed by atoms with E-state index >= 15 is 0 Å². The van der Waals surface area contributed by atoms with Gasteiger partial charge in [0.05, 0.1) is 18.3 Å². The average molecular weight is 331 g/mol. The number of carbonyl (C=O) groups excluding carboxylic acids is 1. The van der Waals surface area contributed by atoms with Crippen molar-refractivity contribution in [1.82, 2.24) is 4.90 Å². The summed E-state index contributed by atoms with van der Waals surface area (Å²) >= 11 is 0. The summed E-state index contributed by atoms with van der Waals surface area (Å²) in [5.41, 5.74) is 1.07. The molecule has 0 radical (unpaired) electrons. The Labute approximate surface area is 140 Å². The smallest absolute Gasteiger partial charge is 0.225 e. The second-order valence-electron chi connectivity index (χ2n) is 7.87. The molecule has 3 saturated heterocycles. The zero-order valence-electron chi connectivity index (χ0n) is 13.5. The molecule has 4 aliphatic rings. The van der Waals surface area contributed by atoms with Crippen LogP contribution in [0.4, 0.5) is 4.39 Å². The molecular formula is C19H22FNO3. The van der Waals surface area contributed by atoms with Gasteiger partial charge < -0.3 is 14.7 Å². The lowest BCUT2D eigenvalue weighted by Crippen LogP contribution is -2.46. The Hall–Kier alpha value is -1.46. The SMILES string of the molecule is O=C(C1CC1)N1C[C@H]2[C@H](O)[C@@H]3C[C@H](c4ccc(F)cc4)[C@@H](O3)[C@H]2C1. The predicted octanol–water partition coefficient (Wildman–Crippen LogP) is 1.93. The van der Waals surface area contributed by atoms with Gasteiger partial charge in [0.15, 0.2) is 0 Å². The normalized spacial score (nSPS) is 40.7. The number of likely N-dealkylation sites (tertiary alicyclic amines) is 1. The number of rotatable bonds is 2. The molecule has 24 heavy (non-hydrogen) atoms. The van der Waals surface area contributed by atoms with Crippen molar-refractivity contribution in [3.8, 4) is 0 Å². The Morgan fingerprint density at radius 3 is 2.58 bits per heavy atom. The number of aliphatic hydroxyl groups is 1. The van der Waals surface area contributed by atoms with Gasteiger partial charge in [-0.2, -0.15) is 0 Å². The zero-order chi connectivity index (χ0) is 16.4. The highest BCUT2D eigenvalue weighted by Crippen LogP contribution is 2.50. The van der Waals surface area contributed by atoms with E-state index in [-0.39, 0.29) is 47.6 Å². The molecule has 1 aromatic rings. The molecule has 1 aliphatic carbocycles. The first-order valence-electron chi connectivity index (χ1n) is 8.99. The molecule has 1 N–H and O–H groups in total. The Bertz CT molecular complexity index is 659. The lowest BCUT2D eigenvalue weighted by molar-refractivity contribution is -0.131. The number of amides is 1. The quantitative estimate of drug-likeness (QED) is 0.901. The first-order chi connectivity index (χ1) is 11.6. The maximum absolute atomic E-state index is 13.2. The van der Waals surface area contributed by atoms with Crippen LogP contribution < -0.4 is 0 Å². The fourth-order valence-corrected chi connectivity index (χ4v) is 5.00. The summed E-state index contributed by atoms with van der Waals surface area (Å²) in [6.45, 7) is 1.35. The van der Waals surface area contributed by atoms with Crippen molar-refractivity contribution in [1.29, 1.82) is 0 Å². The van der Waals surface area contributed by atoms with E-state index in [1.807, 2.05) is 17.0 Å². The van der Waals surface area contributed by atoms with Crippen LogP contribution in [0.3, 0.4) is 0 Å². The van der Waals surface area contributed by atoms with Gasteiger partial charge in [0, 0.05) is 36.8 Å². The van der Waals surface area contributed by atoms with E-state index in [0.717, 1.165) is 24.8 Å². The van der Waals surface area contributed by atoms with E-state index in [1.165, 1.54) is 12.1 Å². The zero-order valence-corrected chi connectivity index (χ0v) is 13.5. The summed E-state index contributed by atoms with van der Waals surface area (Å²) in [5.74, 6) is 0.703. The molecule has 1 amide bonds. The molecule has 4 fully saturated rings. The summed E-state index contributed by atoms with van der Waals surface area (Å²) in [6.07, 6.45) is 2.14. The van der Waals surface area contributed by atoms with Crippen LogP contribution in [0.15, 0.2) is 24.3 Å². The molecule has 0 unspecified atom stereocenters. The summed E-state index contributed by atoms with van der Waals surface area (Å²) in [5, 5.41) is 10.7. The number of ether oxygens (including phenoxy) is 1. The highest BCUT2D eigenvalue weighted by atomic mass is 19.1. The van der Waals surface area contributed by atoms with E-state index < -0.39 is 6.10 Å². The Morgan fingerprint density at radius 1 is 1.17 bits per heavy atom. The van der Waals surface area contributed by atoms with Crippen LogP contribution in [-0.4, -0.2) is 47.3 Å². The van der Waals surface area contributed by atoms with Crippen molar-refractivity contribution in [2.45, 2.75) is 43.5 Å². The third kappa shape index (κ3) is 2.21. The van der Waals surface area contributed by atoms with E-state index in [0.29, 0.717) is 13.1 Å². The largest absolute Gasteiger partial charge is 0.390 e. The topological polar surface area (TPSA) is 49.8 Å². The number of nitrogens with zero attached hydrogens (tertiary/aromatic N) is 1. The Morgan fingerprint density at radius 2 is 1.88 bits per heavy atom. The molecule has 5 rings (SSSR count). The number of carbonyl (C=O) groups is 1. The van der Waals surface area contributed by atoms with Gasteiger partial charge in [-0.15, -0.1) is 0 Å². The lowest BCUT2D eigenvalue weighted by Gasteiger charge is -2.36. The van der Waals surface area contributed by atoms with Crippen LogP contribution in [0.25, 0.3) is 0 Å². The molecule has 128 valence electrons. The van der Waals surface area contributed by atoms with Gasteiger partial charge in [-0.1, -0.05) is 12.1 Å². The van der Waals surface area contributed by atoms with E-state index in [2.05, 4.69) is 0 Å². The highest BCUT2D eigenvalue weighted by Gasteiger charge is 2.57. The van der Waals surface area contributed by atoms with Crippen LogP contribution in [0.1, 0.15) is 30.7 Å². The van der Waals surface area contributed by atoms with Crippen molar-refractivity contribution >= 4 is 5.91 Å². The minimum absolute atomic E-state index is 0.0193. The molecule has 0 aromatic heterocycles. The number of halogens is 1. The minimum Gasteiger partial charge on any atom is -0.390 e. The van der Waals surface area contributed by atoms with Gasteiger partial charge in [-0.25, -0.2) is 4.39 Å². The molecule has 3 heterocycles. The predicted molar refractivity (Wildman–Crippen MR) is 84.7 cm³/mol. The summed E-state index contributed by atoms with van der Waals surface area (Å²) < 4.78 is 19.4. The maximum atomic E-state index is 13.2. The van der Waals surface area contributed by atoms with Crippen molar-refractivity contribution < 1.29 is 19.0 Å². The van der Waals surface area contributed by atoms with Crippen LogP contribution in [0.5, 0.6) is 0 Å². The number of aliphatic hydroxyl groups excluding tert-OH is 1. The molecule has 1 saturated carbocycles. The number of benzene rings is 1. The van der Waals surface area contributed by atoms with E-state index in [1.54, 1.807) is 0 Å². The van der Waals surface area contributed by atoms with Crippen LogP contribution in [0, 0.1) is 23.6 Å². The van der Waals surface area contributed by atoms with Gasteiger partial charge in [0.25, 0.3) is 0 Å². The maximum Gasteiger partial charge on any atom is 0.225 e. The molecule has 5 heteroatoms. The third-order valence-electron chi connectivity index (χ3n) is 6.41. The molecule has 6 atom stereocenters. The van der Waals surface area contributed by atoms with Crippen LogP contribution >= 0.6 is 0 Å². The van der Waals surface area contributed by atoms with Crippen molar-refractivity contribution in [2.75, 3.05) is 13.1 Å². The molecule has 2 bridgehead atoms. The number of fused-ring (bicyclic) bond motifs is 4. The fourth-order valence-electron chi connectivity index (χ4n) is 5.00. The third-order valence-corrected chi connectivity index (χ3v) is 6.41. The molecule has 1 aromatic carbocycles. The molecular weight excluding hydrogens is 309 g/mol. The second kappa shape index (κ2) is 5.27. The lowest BCUT2D eigenvalue weighted by atomic mass is 9.81. The number of hydrogen-bond donors (Lipinski definition) is 1. The van der Waals surface area contributed by atoms with E-state index in [9.17, 15) is 14.3 Å². The summed E-state index contributed by atoms with van der Waals surface area (Å²) in [7, 11) is 0. The second-order valence-corrected chi connectivity index (χ2v) is 7.87.